The highest BCUT2D eigenvalue weighted by Gasteiger charge is 2.13. The van der Waals surface area contributed by atoms with E-state index in [0.29, 0.717) is 30.2 Å². The summed E-state index contributed by atoms with van der Waals surface area (Å²) in [4.78, 5) is 14.8. The molecule has 0 atom stereocenters. The molecule has 0 aromatic heterocycles. The topological polar surface area (TPSA) is 74.6 Å². The fourth-order valence-corrected chi connectivity index (χ4v) is 2.93. The van der Waals surface area contributed by atoms with E-state index in [2.05, 4.69) is 16.1 Å². The van der Waals surface area contributed by atoms with Gasteiger partial charge in [0.05, 0.1) is 13.2 Å². The summed E-state index contributed by atoms with van der Waals surface area (Å²) in [5.74, 6) is 2.42. The molecule has 2 aromatic rings. The second-order valence-corrected chi connectivity index (χ2v) is 6.30. The fourth-order valence-electron chi connectivity index (χ4n) is 2.93. The molecule has 2 aromatic carbocycles. The zero-order chi connectivity index (χ0) is 20.5. The first-order chi connectivity index (χ1) is 14.2. The molecule has 1 saturated heterocycles. The van der Waals surface area contributed by atoms with Crippen LogP contribution in [0, 0.1) is 23.7 Å². The summed E-state index contributed by atoms with van der Waals surface area (Å²) in [6.45, 7) is 3.21. The molecule has 6 nitrogen and oxygen atoms in total. The molecule has 1 N–H and O–H groups in total. The summed E-state index contributed by atoms with van der Waals surface area (Å²) >= 11 is 0. The van der Waals surface area contributed by atoms with E-state index >= 15 is 0 Å². The predicted octanol–water partition coefficient (Wildman–Crippen LogP) is 3.08. The number of amides is 1. The number of rotatable bonds is 6. The van der Waals surface area contributed by atoms with E-state index in [0.717, 1.165) is 18.8 Å². The minimum Gasteiger partial charge on any atom is -0.480 e. The molecule has 1 fully saturated rings. The first kappa shape index (κ1) is 20.0. The third-order valence-electron chi connectivity index (χ3n) is 4.40. The van der Waals surface area contributed by atoms with Crippen LogP contribution in [0.5, 0.6) is 5.75 Å². The van der Waals surface area contributed by atoms with Crippen LogP contribution in [0.4, 0.5) is 11.4 Å². The molecule has 1 heterocycles. The first-order valence-corrected chi connectivity index (χ1v) is 9.22. The summed E-state index contributed by atoms with van der Waals surface area (Å²) < 4.78 is 10.8. The van der Waals surface area contributed by atoms with Crippen LogP contribution in [-0.2, 0) is 9.53 Å². The third kappa shape index (κ3) is 5.38. The normalized spacial score (nSPS) is 13.9. The van der Waals surface area contributed by atoms with E-state index < -0.39 is 5.91 Å². The van der Waals surface area contributed by atoms with E-state index in [1.54, 1.807) is 24.3 Å². The van der Waals surface area contributed by atoms with Crippen molar-refractivity contribution in [1.29, 1.82) is 5.26 Å². The van der Waals surface area contributed by atoms with Gasteiger partial charge >= 0.3 is 0 Å². The molecular weight excluding hydrogens is 366 g/mol. The average Bonchev–Trinajstić information content (AvgIpc) is 2.77. The van der Waals surface area contributed by atoms with Crippen molar-refractivity contribution in [1.82, 2.24) is 0 Å². The molecule has 3 rings (SSSR count). The Morgan fingerprint density at radius 3 is 2.62 bits per heavy atom. The van der Waals surface area contributed by atoms with Crippen molar-refractivity contribution >= 4 is 23.4 Å². The van der Waals surface area contributed by atoms with Crippen molar-refractivity contribution in [3.05, 3.63) is 59.7 Å². The Kier molecular flexibility index (Phi) is 6.89. The maximum absolute atomic E-state index is 12.6. The number of nitriles is 1. The van der Waals surface area contributed by atoms with Crippen LogP contribution < -0.4 is 15.0 Å². The van der Waals surface area contributed by atoms with Crippen LogP contribution in [0.2, 0.25) is 0 Å². The number of carbonyl (C=O) groups is 1. The number of para-hydroxylation sites is 1. The number of hydrogen-bond donors (Lipinski definition) is 1. The highest BCUT2D eigenvalue weighted by molar-refractivity contribution is 6.09. The minimum atomic E-state index is -0.488. The van der Waals surface area contributed by atoms with Gasteiger partial charge in [-0.15, -0.1) is 6.42 Å². The molecule has 146 valence electrons. The number of morpholine rings is 1. The van der Waals surface area contributed by atoms with Gasteiger partial charge in [-0.25, -0.2) is 0 Å². The number of anilines is 2. The molecule has 1 aliphatic heterocycles. The van der Waals surface area contributed by atoms with Crippen molar-refractivity contribution in [2.75, 3.05) is 43.1 Å². The molecule has 0 spiro atoms. The summed E-state index contributed by atoms with van der Waals surface area (Å²) in [6.07, 6.45) is 6.72. The Labute approximate surface area is 170 Å². The molecule has 0 saturated carbocycles. The lowest BCUT2D eigenvalue weighted by Gasteiger charge is -2.28. The van der Waals surface area contributed by atoms with Gasteiger partial charge in [0.2, 0.25) is 0 Å². The Hall–Kier alpha value is -3.74. The number of benzene rings is 2. The van der Waals surface area contributed by atoms with E-state index in [1.165, 1.54) is 6.08 Å². The largest absolute Gasteiger partial charge is 0.480 e. The summed E-state index contributed by atoms with van der Waals surface area (Å²) in [7, 11) is 0. The number of nitrogens with zero attached hydrogens (tertiary/aromatic N) is 2. The number of carbonyl (C=O) groups excluding carboxylic acids is 1. The lowest BCUT2D eigenvalue weighted by atomic mass is 10.1. The summed E-state index contributed by atoms with van der Waals surface area (Å²) in [5, 5.41) is 12.2. The zero-order valence-electron chi connectivity index (χ0n) is 15.9. The van der Waals surface area contributed by atoms with Crippen molar-refractivity contribution < 1.29 is 14.3 Å². The standard InChI is InChI=1S/C23H21N3O3/c1-2-13-29-22-6-4-3-5-18(22)16-19(17-24)23(27)25-20-7-9-21(10-8-20)26-11-14-28-15-12-26/h1,3-10,16H,11-15H2,(H,25,27)/b19-16+. The SMILES string of the molecule is C#CCOc1ccccc1/C=C(\C#N)C(=O)Nc1ccc(N2CCOCC2)cc1. The van der Waals surface area contributed by atoms with Crippen molar-refractivity contribution in [2.24, 2.45) is 0 Å². The number of ether oxygens (including phenoxy) is 2. The zero-order valence-corrected chi connectivity index (χ0v) is 15.9. The van der Waals surface area contributed by atoms with Gasteiger partial charge in [-0.05, 0) is 36.4 Å². The lowest BCUT2D eigenvalue weighted by molar-refractivity contribution is -0.112. The smallest absolute Gasteiger partial charge is 0.266 e. The second kappa shape index (κ2) is 9.98. The van der Waals surface area contributed by atoms with Crippen LogP contribution in [0.25, 0.3) is 6.08 Å². The van der Waals surface area contributed by atoms with E-state index in [1.807, 2.05) is 30.3 Å². The van der Waals surface area contributed by atoms with Gasteiger partial charge in [0, 0.05) is 30.0 Å². The Morgan fingerprint density at radius 1 is 1.21 bits per heavy atom. The highest BCUT2D eigenvalue weighted by atomic mass is 16.5. The first-order valence-electron chi connectivity index (χ1n) is 9.22. The summed E-state index contributed by atoms with van der Waals surface area (Å²) in [6, 6.07) is 16.6. The Balaban J connectivity index is 1.71. The lowest BCUT2D eigenvalue weighted by Crippen LogP contribution is -2.36. The van der Waals surface area contributed by atoms with Gasteiger partial charge < -0.3 is 19.7 Å². The van der Waals surface area contributed by atoms with Gasteiger partial charge in [0.1, 0.15) is 24.0 Å². The van der Waals surface area contributed by atoms with Crippen molar-refractivity contribution in [3.8, 4) is 24.2 Å². The number of hydrogen-bond acceptors (Lipinski definition) is 5. The quantitative estimate of drug-likeness (QED) is 0.468. The average molecular weight is 387 g/mol. The van der Waals surface area contributed by atoms with E-state index in [-0.39, 0.29) is 12.2 Å². The maximum Gasteiger partial charge on any atom is 0.266 e. The molecule has 29 heavy (non-hydrogen) atoms. The van der Waals surface area contributed by atoms with E-state index in [4.69, 9.17) is 15.9 Å². The Bertz CT molecular complexity index is 962. The van der Waals surface area contributed by atoms with Crippen LogP contribution >= 0.6 is 0 Å². The molecule has 0 aliphatic carbocycles. The number of terminal acetylenes is 1. The molecule has 0 bridgehead atoms. The van der Waals surface area contributed by atoms with Gasteiger partial charge in [0.25, 0.3) is 5.91 Å². The van der Waals surface area contributed by atoms with Gasteiger partial charge in [-0.2, -0.15) is 5.26 Å². The van der Waals surface area contributed by atoms with Crippen LogP contribution in [0.15, 0.2) is 54.1 Å². The predicted molar refractivity (Wildman–Crippen MR) is 112 cm³/mol. The second-order valence-electron chi connectivity index (χ2n) is 6.30. The fraction of sp³-hybridized carbons (Fsp3) is 0.217. The maximum atomic E-state index is 12.6. The monoisotopic (exact) mass is 387 g/mol. The van der Waals surface area contributed by atoms with Gasteiger partial charge in [-0.3, -0.25) is 4.79 Å². The molecular formula is C23H21N3O3. The van der Waals surface area contributed by atoms with Gasteiger partial charge in [-0.1, -0.05) is 24.1 Å². The van der Waals surface area contributed by atoms with E-state index in [9.17, 15) is 10.1 Å². The molecule has 1 amide bonds. The Morgan fingerprint density at radius 2 is 1.93 bits per heavy atom. The highest BCUT2D eigenvalue weighted by Crippen LogP contribution is 2.22. The van der Waals surface area contributed by atoms with Crippen molar-refractivity contribution in [3.63, 3.8) is 0 Å². The van der Waals surface area contributed by atoms with Gasteiger partial charge in [0.15, 0.2) is 0 Å². The third-order valence-corrected chi connectivity index (χ3v) is 4.40. The summed E-state index contributed by atoms with van der Waals surface area (Å²) in [5.41, 5.74) is 2.27. The minimum absolute atomic E-state index is 0.0287. The van der Waals surface area contributed by atoms with Crippen LogP contribution in [0.1, 0.15) is 5.56 Å². The molecule has 1 aliphatic rings. The molecule has 6 heteroatoms. The van der Waals surface area contributed by atoms with Crippen LogP contribution in [-0.4, -0.2) is 38.8 Å². The molecule has 0 radical (unpaired) electrons. The number of nitrogens with one attached hydrogen (secondary N) is 1. The van der Waals surface area contributed by atoms with Crippen LogP contribution in [0.3, 0.4) is 0 Å². The molecule has 0 unspecified atom stereocenters. The van der Waals surface area contributed by atoms with Crippen molar-refractivity contribution in [2.45, 2.75) is 0 Å².